The molecule has 1 N–H and O–H groups in total. The number of halogens is 2. The van der Waals surface area contributed by atoms with E-state index in [4.69, 9.17) is 27.9 Å². The van der Waals surface area contributed by atoms with Crippen LogP contribution in [0, 0.1) is 0 Å². The van der Waals surface area contributed by atoms with Crippen molar-refractivity contribution in [1.82, 2.24) is 10.2 Å². The van der Waals surface area contributed by atoms with E-state index in [2.05, 4.69) is 5.32 Å². The fourth-order valence-corrected chi connectivity index (χ4v) is 5.94. The zero-order chi connectivity index (χ0) is 30.2. The number of rotatable bonds is 13. The topological polar surface area (TPSA) is 96.0 Å². The number of hydrogen-bond acceptors (Lipinski definition) is 5. The number of methoxy groups -OCH3 is 1. The van der Waals surface area contributed by atoms with Crippen molar-refractivity contribution in [2.75, 3.05) is 18.0 Å². The standard InChI is InChI=1S/C30H35Cl2N3O5S/c1-5-21(3)33-30(37)28(6-2)34(19-22-9-7-12-26(17-22)40-4)29(36)20-35(25-11-8-10-24(32)18-25)41(38,39)27-15-13-23(31)14-16-27/h7-18,21,28H,5-6,19-20H2,1-4H3,(H,33,37)/t21-,28+/m0/s1. The maximum atomic E-state index is 14.1. The second-order valence-electron chi connectivity index (χ2n) is 9.56. The number of carbonyl (C=O) groups is 2. The molecular weight excluding hydrogens is 585 g/mol. The number of ether oxygens (including phenoxy) is 1. The molecule has 3 rings (SSSR count). The lowest BCUT2D eigenvalue weighted by Crippen LogP contribution is -2.53. The first-order chi connectivity index (χ1) is 19.5. The van der Waals surface area contributed by atoms with E-state index in [0.717, 1.165) is 9.87 Å². The number of nitrogens with one attached hydrogen (secondary N) is 1. The van der Waals surface area contributed by atoms with Crippen molar-refractivity contribution < 1.29 is 22.7 Å². The average Bonchev–Trinajstić information content (AvgIpc) is 2.95. The van der Waals surface area contributed by atoms with Gasteiger partial charge in [0.1, 0.15) is 18.3 Å². The SMILES string of the molecule is CC[C@H](C(=O)N[C@@H](C)CC)N(Cc1cccc(OC)c1)C(=O)CN(c1cccc(Cl)c1)S(=O)(=O)c1ccc(Cl)cc1. The first-order valence-corrected chi connectivity index (χ1v) is 15.5. The fourth-order valence-electron chi connectivity index (χ4n) is 4.22. The predicted molar refractivity (Wildman–Crippen MR) is 163 cm³/mol. The molecule has 2 amide bonds. The molecule has 0 fully saturated rings. The zero-order valence-corrected chi connectivity index (χ0v) is 25.8. The Balaban J connectivity index is 2.07. The second kappa shape index (κ2) is 14.6. The molecular formula is C30H35Cl2N3O5S. The third-order valence-corrected chi connectivity index (χ3v) is 8.93. The molecule has 0 spiro atoms. The van der Waals surface area contributed by atoms with Crippen molar-refractivity contribution in [2.45, 2.75) is 57.1 Å². The highest BCUT2D eigenvalue weighted by Gasteiger charge is 2.34. The predicted octanol–water partition coefficient (Wildman–Crippen LogP) is 5.92. The van der Waals surface area contributed by atoms with Gasteiger partial charge < -0.3 is 15.0 Å². The van der Waals surface area contributed by atoms with Crippen LogP contribution in [0.5, 0.6) is 5.75 Å². The number of hydrogen-bond donors (Lipinski definition) is 1. The maximum absolute atomic E-state index is 14.1. The van der Waals surface area contributed by atoms with Crippen molar-refractivity contribution in [3.63, 3.8) is 0 Å². The van der Waals surface area contributed by atoms with Gasteiger partial charge in [0.25, 0.3) is 10.0 Å². The van der Waals surface area contributed by atoms with Gasteiger partial charge in [0.15, 0.2) is 0 Å². The van der Waals surface area contributed by atoms with E-state index in [1.807, 2.05) is 26.8 Å². The van der Waals surface area contributed by atoms with E-state index in [1.54, 1.807) is 43.5 Å². The van der Waals surface area contributed by atoms with E-state index in [-0.39, 0.29) is 29.1 Å². The Bertz CT molecular complexity index is 1450. The number of carbonyl (C=O) groups excluding carboxylic acids is 2. The van der Waals surface area contributed by atoms with Crippen LogP contribution in [-0.2, 0) is 26.2 Å². The quantitative estimate of drug-likeness (QED) is 0.256. The van der Waals surface area contributed by atoms with Crippen LogP contribution in [0.15, 0.2) is 77.7 Å². The summed E-state index contributed by atoms with van der Waals surface area (Å²) < 4.78 is 34.1. The van der Waals surface area contributed by atoms with Gasteiger partial charge in [-0.15, -0.1) is 0 Å². The van der Waals surface area contributed by atoms with Crippen LogP contribution in [0.2, 0.25) is 10.0 Å². The van der Waals surface area contributed by atoms with Gasteiger partial charge >= 0.3 is 0 Å². The molecule has 0 unspecified atom stereocenters. The Morgan fingerprint density at radius 2 is 1.61 bits per heavy atom. The Morgan fingerprint density at radius 1 is 0.927 bits per heavy atom. The van der Waals surface area contributed by atoms with E-state index in [9.17, 15) is 18.0 Å². The van der Waals surface area contributed by atoms with Gasteiger partial charge in [0.05, 0.1) is 17.7 Å². The van der Waals surface area contributed by atoms with Gasteiger partial charge in [-0.1, -0.05) is 55.2 Å². The molecule has 0 radical (unpaired) electrons. The largest absolute Gasteiger partial charge is 0.497 e. The summed E-state index contributed by atoms with van der Waals surface area (Å²) in [6.07, 6.45) is 1.03. The Hall–Kier alpha value is -3.27. The van der Waals surface area contributed by atoms with Crippen LogP contribution < -0.4 is 14.4 Å². The maximum Gasteiger partial charge on any atom is 0.264 e. The van der Waals surface area contributed by atoms with Gasteiger partial charge in [0.2, 0.25) is 11.8 Å². The molecule has 2 atom stereocenters. The highest BCUT2D eigenvalue weighted by Crippen LogP contribution is 2.28. The minimum atomic E-state index is -4.23. The van der Waals surface area contributed by atoms with E-state index in [1.165, 1.54) is 35.2 Å². The Morgan fingerprint density at radius 3 is 2.22 bits per heavy atom. The molecule has 11 heteroatoms. The lowest BCUT2D eigenvalue weighted by Gasteiger charge is -2.33. The lowest BCUT2D eigenvalue weighted by atomic mass is 10.1. The van der Waals surface area contributed by atoms with E-state index >= 15 is 0 Å². The number of nitrogens with zero attached hydrogens (tertiary/aromatic N) is 2. The minimum absolute atomic E-state index is 0.0458. The van der Waals surface area contributed by atoms with Gasteiger partial charge in [0, 0.05) is 22.6 Å². The summed E-state index contributed by atoms with van der Waals surface area (Å²) in [5.74, 6) is -0.276. The summed E-state index contributed by atoms with van der Waals surface area (Å²) in [6.45, 7) is 5.15. The second-order valence-corrected chi connectivity index (χ2v) is 12.3. The van der Waals surface area contributed by atoms with Crippen LogP contribution in [-0.4, -0.2) is 50.9 Å². The van der Waals surface area contributed by atoms with Crippen LogP contribution in [0.1, 0.15) is 39.2 Å². The molecule has 0 bridgehead atoms. The van der Waals surface area contributed by atoms with Gasteiger partial charge in [-0.3, -0.25) is 13.9 Å². The Labute approximate surface area is 252 Å². The van der Waals surface area contributed by atoms with E-state index in [0.29, 0.717) is 28.6 Å². The molecule has 0 aliphatic rings. The normalized spacial score (nSPS) is 12.7. The summed E-state index contributed by atoms with van der Waals surface area (Å²) in [6, 6.07) is 18.2. The summed E-state index contributed by atoms with van der Waals surface area (Å²) in [7, 11) is -2.68. The monoisotopic (exact) mass is 619 g/mol. The Kier molecular flexibility index (Phi) is 11.5. The molecule has 3 aromatic carbocycles. The highest BCUT2D eigenvalue weighted by molar-refractivity contribution is 7.92. The molecule has 0 heterocycles. The summed E-state index contributed by atoms with van der Waals surface area (Å²) >= 11 is 12.2. The summed E-state index contributed by atoms with van der Waals surface area (Å²) in [5.41, 5.74) is 0.932. The van der Waals surface area contributed by atoms with Crippen molar-refractivity contribution in [3.8, 4) is 5.75 Å². The first kappa shape index (κ1) is 32.2. The van der Waals surface area contributed by atoms with Crippen LogP contribution >= 0.6 is 23.2 Å². The molecule has 0 aliphatic heterocycles. The zero-order valence-electron chi connectivity index (χ0n) is 23.5. The van der Waals surface area contributed by atoms with Crippen molar-refractivity contribution >= 4 is 50.7 Å². The van der Waals surface area contributed by atoms with Gasteiger partial charge in [-0.05, 0) is 79.9 Å². The molecule has 0 saturated carbocycles. The van der Waals surface area contributed by atoms with E-state index < -0.39 is 28.5 Å². The molecule has 0 aliphatic carbocycles. The summed E-state index contributed by atoms with van der Waals surface area (Å²) in [5, 5.41) is 3.64. The van der Waals surface area contributed by atoms with Crippen LogP contribution in [0.25, 0.3) is 0 Å². The van der Waals surface area contributed by atoms with Crippen LogP contribution in [0.4, 0.5) is 5.69 Å². The number of anilines is 1. The molecule has 41 heavy (non-hydrogen) atoms. The fraction of sp³-hybridized carbons (Fsp3) is 0.333. The first-order valence-electron chi connectivity index (χ1n) is 13.3. The average molecular weight is 621 g/mol. The van der Waals surface area contributed by atoms with Gasteiger partial charge in [-0.2, -0.15) is 0 Å². The smallest absolute Gasteiger partial charge is 0.264 e. The number of benzene rings is 3. The van der Waals surface area contributed by atoms with Gasteiger partial charge in [-0.25, -0.2) is 8.42 Å². The van der Waals surface area contributed by atoms with Crippen molar-refractivity contribution in [1.29, 1.82) is 0 Å². The third-order valence-electron chi connectivity index (χ3n) is 6.65. The minimum Gasteiger partial charge on any atom is -0.497 e. The molecule has 8 nitrogen and oxygen atoms in total. The molecule has 220 valence electrons. The lowest BCUT2D eigenvalue weighted by molar-refractivity contribution is -0.140. The summed E-state index contributed by atoms with van der Waals surface area (Å²) in [4.78, 5) is 28.9. The van der Waals surface area contributed by atoms with Crippen molar-refractivity contribution in [3.05, 3.63) is 88.4 Å². The van der Waals surface area contributed by atoms with Crippen molar-refractivity contribution in [2.24, 2.45) is 0 Å². The van der Waals surface area contributed by atoms with Crippen LogP contribution in [0.3, 0.4) is 0 Å². The molecule has 3 aromatic rings. The highest BCUT2D eigenvalue weighted by atomic mass is 35.5. The molecule has 0 aromatic heterocycles. The number of amides is 2. The molecule has 0 saturated heterocycles. The third kappa shape index (κ3) is 8.38. The number of sulfonamides is 1.